The van der Waals surface area contributed by atoms with E-state index in [2.05, 4.69) is 11.4 Å². The fourth-order valence-electron chi connectivity index (χ4n) is 1.83. The number of fused-ring (bicyclic) bond motifs is 1. The van der Waals surface area contributed by atoms with Crippen molar-refractivity contribution in [2.75, 3.05) is 5.32 Å². The molecule has 1 N–H and O–H groups in total. The monoisotopic (exact) mass is 274 g/mol. The molecule has 0 amide bonds. The Bertz CT molecular complexity index is 732. The molecule has 0 aliphatic rings. The number of hydrogen-bond donors (Lipinski definition) is 1. The molecule has 0 atom stereocenters. The van der Waals surface area contributed by atoms with Crippen molar-refractivity contribution in [1.82, 2.24) is 0 Å². The van der Waals surface area contributed by atoms with Gasteiger partial charge in [-0.15, -0.1) is 11.3 Å². The summed E-state index contributed by atoms with van der Waals surface area (Å²) >= 11 is 1.70. The number of rotatable bonds is 4. The Kier molecular flexibility index (Phi) is 2.92. The van der Waals surface area contributed by atoms with Gasteiger partial charge in [-0.1, -0.05) is 0 Å². The van der Waals surface area contributed by atoms with E-state index in [9.17, 15) is 10.1 Å². The van der Waals surface area contributed by atoms with E-state index in [0.29, 0.717) is 12.3 Å². The van der Waals surface area contributed by atoms with Crippen LogP contribution in [0.4, 0.5) is 11.6 Å². The first-order chi connectivity index (χ1) is 9.22. The Morgan fingerprint density at radius 1 is 1.26 bits per heavy atom. The normalized spacial score (nSPS) is 10.7. The smallest absolute Gasteiger partial charge is 0.404 e. The van der Waals surface area contributed by atoms with Gasteiger partial charge >= 0.3 is 5.88 Å². The zero-order valence-electron chi connectivity index (χ0n) is 9.83. The van der Waals surface area contributed by atoms with Gasteiger partial charge < -0.3 is 9.73 Å². The van der Waals surface area contributed by atoms with Crippen molar-refractivity contribution in [2.24, 2.45) is 0 Å². The highest BCUT2D eigenvalue weighted by Crippen LogP contribution is 2.24. The Morgan fingerprint density at radius 2 is 2.16 bits per heavy atom. The molecule has 6 heteroatoms. The maximum Gasteiger partial charge on any atom is 0.433 e. The molecule has 0 fully saturated rings. The molecule has 0 aliphatic heterocycles. The highest BCUT2D eigenvalue weighted by molar-refractivity contribution is 7.17. The first-order valence-corrected chi connectivity index (χ1v) is 6.54. The van der Waals surface area contributed by atoms with Crippen molar-refractivity contribution in [3.63, 3.8) is 0 Å². The van der Waals surface area contributed by atoms with Crippen LogP contribution in [-0.4, -0.2) is 4.92 Å². The van der Waals surface area contributed by atoms with Gasteiger partial charge in [-0.25, -0.2) is 0 Å². The molecule has 19 heavy (non-hydrogen) atoms. The van der Waals surface area contributed by atoms with E-state index in [4.69, 9.17) is 4.42 Å². The number of furan rings is 1. The Hall–Kier alpha value is -2.34. The lowest BCUT2D eigenvalue weighted by molar-refractivity contribution is -0.402. The highest BCUT2D eigenvalue weighted by atomic mass is 32.1. The predicted octanol–water partition coefficient (Wildman–Crippen LogP) is 4.01. The average molecular weight is 274 g/mol. The summed E-state index contributed by atoms with van der Waals surface area (Å²) in [5, 5.41) is 16.9. The molecule has 0 bridgehead atoms. The standard InChI is InChI=1S/C13H10N2O3S/c16-15(17)13-4-2-11(18-13)8-14-10-1-3-12-9(7-10)5-6-19-12/h1-7,14H,8H2. The van der Waals surface area contributed by atoms with E-state index in [1.807, 2.05) is 23.6 Å². The lowest BCUT2D eigenvalue weighted by Gasteiger charge is -2.04. The molecule has 0 saturated carbocycles. The van der Waals surface area contributed by atoms with Crippen molar-refractivity contribution < 1.29 is 9.34 Å². The maximum absolute atomic E-state index is 10.5. The molecule has 1 aromatic carbocycles. The second-order valence-corrected chi connectivity index (χ2v) is 4.97. The van der Waals surface area contributed by atoms with Gasteiger partial charge in [0.15, 0.2) is 0 Å². The van der Waals surface area contributed by atoms with Crippen LogP contribution in [0.15, 0.2) is 46.2 Å². The van der Waals surface area contributed by atoms with Crippen LogP contribution in [0.1, 0.15) is 5.76 Å². The minimum absolute atomic E-state index is 0.231. The van der Waals surface area contributed by atoms with Gasteiger partial charge in [-0.3, -0.25) is 10.1 Å². The van der Waals surface area contributed by atoms with Crippen molar-refractivity contribution in [1.29, 1.82) is 0 Å². The zero-order valence-corrected chi connectivity index (χ0v) is 10.6. The van der Waals surface area contributed by atoms with E-state index in [0.717, 1.165) is 5.69 Å². The SMILES string of the molecule is O=[N+]([O-])c1ccc(CNc2ccc3sccc3c2)o1. The molecule has 5 nitrogen and oxygen atoms in total. The average Bonchev–Trinajstić information content (AvgIpc) is 3.04. The Labute approximate surface area is 112 Å². The summed E-state index contributed by atoms with van der Waals surface area (Å²) in [7, 11) is 0. The lowest BCUT2D eigenvalue weighted by Crippen LogP contribution is -1.97. The largest absolute Gasteiger partial charge is 0.433 e. The third-order valence-electron chi connectivity index (χ3n) is 2.75. The molecule has 0 unspecified atom stereocenters. The molecular formula is C13H10N2O3S. The van der Waals surface area contributed by atoms with E-state index in [1.165, 1.54) is 16.2 Å². The van der Waals surface area contributed by atoms with Crippen LogP contribution in [0, 0.1) is 10.1 Å². The third-order valence-corrected chi connectivity index (χ3v) is 3.64. The van der Waals surface area contributed by atoms with Gasteiger partial charge in [0.1, 0.15) is 10.7 Å². The number of thiophene rings is 1. The molecule has 3 aromatic rings. The molecular weight excluding hydrogens is 264 g/mol. The summed E-state index contributed by atoms with van der Waals surface area (Å²) < 4.78 is 6.32. The van der Waals surface area contributed by atoms with Crippen molar-refractivity contribution in [3.05, 3.63) is 57.7 Å². The fraction of sp³-hybridized carbons (Fsp3) is 0.0769. The quantitative estimate of drug-likeness (QED) is 0.576. The number of nitro groups is 1. The number of anilines is 1. The molecule has 3 rings (SSSR count). The van der Waals surface area contributed by atoms with Crippen LogP contribution in [0.25, 0.3) is 10.1 Å². The van der Waals surface area contributed by atoms with Gasteiger partial charge in [-0.05, 0) is 41.1 Å². The van der Waals surface area contributed by atoms with Crippen molar-refractivity contribution in [2.45, 2.75) is 6.54 Å². The highest BCUT2D eigenvalue weighted by Gasteiger charge is 2.11. The van der Waals surface area contributed by atoms with Crippen LogP contribution in [0.5, 0.6) is 0 Å². The van der Waals surface area contributed by atoms with Gasteiger partial charge in [-0.2, -0.15) is 0 Å². The molecule has 0 saturated heterocycles. The summed E-state index contributed by atoms with van der Waals surface area (Å²) in [4.78, 5) is 9.96. The Morgan fingerprint density at radius 3 is 2.95 bits per heavy atom. The maximum atomic E-state index is 10.5. The fourth-order valence-corrected chi connectivity index (χ4v) is 2.60. The topological polar surface area (TPSA) is 68.3 Å². The molecule has 96 valence electrons. The third kappa shape index (κ3) is 2.43. The van der Waals surface area contributed by atoms with Crippen LogP contribution in [-0.2, 0) is 6.54 Å². The second-order valence-electron chi connectivity index (χ2n) is 4.02. The molecule has 0 radical (unpaired) electrons. The molecule has 0 spiro atoms. The van der Waals surface area contributed by atoms with Crippen molar-refractivity contribution >= 4 is 33.0 Å². The molecule has 2 heterocycles. The van der Waals surface area contributed by atoms with Gasteiger partial charge in [0.05, 0.1) is 12.6 Å². The van der Waals surface area contributed by atoms with Crippen LogP contribution >= 0.6 is 11.3 Å². The summed E-state index contributed by atoms with van der Waals surface area (Å²) in [5.41, 5.74) is 0.963. The first-order valence-electron chi connectivity index (χ1n) is 5.66. The number of benzene rings is 1. The van der Waals surface area contributed by atoms with E-state index >= 15 is 0 Å². The molecule has 0 aliphatic carbocycles. The summed E-state index contributed by atoms with van der Waals surface area (Å²) in [5.74, 6) is 0.308. The summed E-state index contributed by atoms with van der Waals surface area (Å²) in [6, 6.07) is 11.1. The summed E-state index contributed by atoms with van der Waals surface area (Å²) in [6.07, 6.45) is 0. The lowest BCUT2D eigenvalue weighted by atomic mass is 10.2. The van der Waals surface area contributed by atoms with Crippen LogP contribution < -0.4 is 5.32 Å². The van der Waals surface area contributed by atoms with E-state index < -0.39 is 4.92 Å². The minimum Gasteiger partial charge on any atom is -0.404 e. The minimum atomic E-state index is -0.541. The van der Waals surface area contributed by atoms with Gasteiger partial charge in [0.2, 0.25) is 0 Å². The van der Waals surface area contributed by atoms with Crippen LogP contribution in [0.2, 0.25) is 0 Å². The van der Waals surface area contributed by atoms with Gasteiger partial charge in [0, 0.05) is 10.4 Å². The number of nitrogens with one attached hydrogen (secondary N) is 1. The molecule has 2 aromatic heterocycles. The van der Waals surface area contributed by atoms with E-state index in [-0.39, 0.29) is 5.88 Å². The second kappa shape index (κ2) is 4.74. The number of nitrogens with zero attached hydrogens (tertiary/aromatic N) is 1. The van der Waals surface area contributed by atoms with Gasteiger partial charge in [0.25, 0.3) is 0 Å². The van der Waals surface area contributed by atoms with Crippen LogP contribution in [0.3, 0.4) is 0 Å². The number of hydrogen-bond acceptors (Lipinski definition) is 5. The summed E-state index contributed by atoms with van der Waals surface area (Å²) in [6.45, 7) is 0.420. The Balaban J connectivity index is 1.72. The van der Waals surface area contributed by atoms with Crippen molar-refractivity contribution in [3.8, 4) is 0 Å². The first kappa shape index (κ1) is 11.7. The zero-order chi connectivity index (χ0) is 13.2. The predicted molar refractivity (Wildman–Crippen MR) is 74.5 cm³/mol. The van der Waals surface area contributed by atoms with E-state index in [1.54, 1.807) is 17.4 Å².